The number of hydrogen-bond acceptors (Lipinski definition) is 4. The van der Waals surface area contributed by atoms with Gasteiger partial charge in [-0.25, -0.2) is 9.59 Å². The second-order valence-electron chi connectivity index (χ2n) is 6.33. The Morgan fingerprint density at radius 2 is 1.62 bits per heavy atom. The van der Waals surface area contributed by atoms with Crippen molar-refractivity contribution in [3.63, 3.8) is 0 Å². The number of hydrogen-bond donors (Lipinski definition) is 1. The lowest BCUT2D eigenvalue weighted by Crippen LogP contribution is -2.42. The number of fused-ring (bicyclic) bond motifs is 3. The molecule has 0 heterocycles. The Bertz CT molecular complexity index is 757. The molecule has 1 aliphatic carbocycles. The van der Waals surface area contributed by atoms with Gasteiger partial charge in [-0.3, -0.25) is 0 Å². The van der Waals surface area contributed by atoms with Crippen LogP contribution in [0.3, 0.4) is 0 Å². The van der Waals surface area contributed by atoms with E-state index in [1.165, 1.54) is 18.2 Å². The zero-order valence-corrected chi connectivity index (χ0v) is 15.0. The SMILES string of the molecule is CCC[C@H](NC(=O)OCC1c2ccccc2-c2ccccc21)C(=O)OC. The normalized spacial score (nSPS) is 13.5. The first-order chi connectivity index (χ1) is 12.7. The molecule has 1 atom stereocenters. The van der Waals surface area contributed by atoms with Crippen LogP contribution in [0.5, 0.6) is 0 Å². The summed E-state index contributed by atoms with van der Waals surface area (Å²) in [4.78, 5) is 23.9. The molecule has 26 heavy (non-hydrogen) atoms. The standard InChI is InChI=1S/C21H23NO4/c1-3-8-19(20(23)25-2)22-21(24)26-13-18-16-11-6-4-9-14(16)15-10-5-7-12-17(15)18/h4-7,9-12,18-19H,3,8,13H2,1-2H3,(H,22,24)/t19-/m0/s1. The summed E-state index contributed by atoms with van der Waals surface area (Å²) in [6, 6.07) is 15.6. The molecular weight excluding hydrogens is 330 g/mol. The smallest absolute Gasteiger partial charge is 0.407 e. The van der Waals surface area contributed by atoms with E-state index in [-0.39, 0.29) is 12.5 Å². The summed E-state index contributed by atoms with van der Waals surface area (Å²) in [6.07, 6.45) is 0.663. The third kappa shape index (κ3) is 3.57. The Hall–Kier alpha value is -2.82. The third-order valence-electron chi connectivity index (χ3n) is 4.70. The fourth-order valence-corrected chi connectivity index (χ4v) is 3.46. The molecule has 3 rings (SSSR count). The Morgan fingerprint density at radius 1 is 1.04 bits per heavy atom. The molecule has 0 bridgehead atoms. The summed E-state index contributed by atoms with van der Waals surface area (Å²) in [5.74, 6) is -0.462. The van der Waals surface area contributed by atoms with Gasteiger partial charge in [0.1, 0.15) is 12.6 Å². The summed E-state index contributed by atoms with van der Waals surface area (Å²) in [5.41, 5.74) is 4.66. The van der Waals surface area contributed by atoms with E-state index < -0.39 is 18.1 Å². The molecule has 0 unspecified atom stereocenters. The summed E-state index contributed by atoms with van der Waals surface area (Å²) < 4.78 is 10.2. The van der Waals surface area contributed by atoms with E-state index in [0.717, 1.165) is 17.5 Å². The van der Waals surface area contributed by atoms with Crippen molar-refractivity contribution in [3.05, 3.63) is 59.7 Å². The minimum Gasteiger partial charge on any atom is -0.467 e. The molecule has 2 aromatic carbocycles. The van der Waals surface area contributed by atoms with E-state index >= 15 is 0 Å². The average Bonchev–Trinajstić information content (AvgIpc) is 2.99. The molecule has 1 amide bonds. The van der Waals surface area contributed by atoms with Gasteiger partial charge in [-0.05, 0) is 28.7 Å². The van der Waals surface area contributed by atoms with Crippen LogP contribution >= 0.6 is 0 Å². The number of ether oxygens (including phenoxy) is 2. The van der Waals surface area contributed by atoms with Crippen molar-refractivity contribution in [1.82, 2.24) is 5.32 Å². The van der Waals surface area contributed by atoms with Crippen LogP contribution in [0.1, 0.15) is 36.8 Å². The van der Waals surface area contributed by atoms with Crippen LogP contribution in [-0.4, -0.2) is 31.8 Å². The van der Waals surface area contributed by atoms with Gasteiger partial charge in [-0.1, -0.05) is 61.9 Å². The van der Waals surface area contributed by atoms with Crippen molar-refractivity contribution in [1.29, 1.82) is 0 Å². The summed E-state index contributed by atoms with van der Waals surface area (Å²) >= 11 is 0. The van der Waals surface area contributed by atoms with E-state index in [1.54, 1.807) is 0 Å². The Kier molecular flexibility index (Phi) is 5.56. The number of nitrogens with one attached hydrogen (secondary N) is 1. The number of methoxy groups -OCH3 is 1. The number of carbonyl (C=O) groups is 2. The molecule has 5 heteroatoms. The van der Waals surface area contributed by atoms with Gasteiger partial charge in [-0.15, -0.1) is 0 Å². The number of carbonyl (C=O) groups excluding carboxylic acids is 2. The largest absolute Gasteiger partial charge is 0.467 e. The molecule has 0 saturated heterocycles. The highest BCUT2D eigenvalue weighted by Gasteiger charge is 2.29. The summed E-state index contributed by atoms with van der Waals surface area (Å²) in [7, 11) is 1.31. The van der Waals surface area contributed by atoms with Crippen LogP contribution in [0.25, 0.3) is 11.1 Å². The van der Waals surface area contributed by atoms with Gasteiger partial charge in [0.15, 0.2) is 0 Å². The average molecular weight is 353 g/mol. The fraction of sp³-hybridized carbons (Fsp3) is 0.333. The maximum absolute atomic E-state index is 12.2. The molecule has 0 spiro atoms. The van der Waals surface area contributed by atoms with Gasteiger partial charge in [-0.2, -0.15) is 0 Å². The maximum atomic E-state index is 12.2. The molecule has 0 aliphatic heterocycles. The van der Waals surface area contributed by atoms with Gasteiger partial charge in [0.25, 0.3) is 0 Å². The Morgan fingerprint density at radius 3 is 2.15 bits per heavy atom. The first-order valence-corrected chi connectivity index (χ1v) is 8.85. The van der Waals surface area contributed by atoms with Crippen LogP contribution in [-0.2, 0) is 14.3 Å². The highest BCUT2D eigenvalue weighted by Crippen LogP contribution is 2.44. The molecule has 0 aromatic heterocycles. The molecule has 1 N–H and O–H groups in total. The van der Waals surface area contributed by atoms with Crippen molar-refractivity contribution < 1.29 is 19.1 Å². The van der Waals surface area contributed by atoms with Crippen LogP contribution in [0.15, 0.2) is 48.5 Å². The highest BCUT2D eigenvalue weighted by atomic mass is 16.6. The lowest BCUT2D eigenvalue weighted by molar-refractivity contribution is -0.143. The fourth-order valence-electron chi connectivity index (χ4n) is 3.46. The van der Waals surface area contributed by atoms with Crippen LogP contribution in [0, 0.1) is 0 Å². The Labute approximate surface area is 153 Å². The second-order valence-corrected chi connectivity index (χ2v) is 6.33. The first kappa shape index (κ1) is 18.0. The van der Waals surface area contributed by atoms with Crippen molar-refractivity contribution in [2.75, 3.05) is 13.7 Å². The van der Waals surface area contributed by atoms with Crippen LogP contribution in [0.4, 0.5) is 4.79 Å². The van der Waals surface area contributed by atoms with Gasteiger partial charge >= 0.3 is 12.1 Å². The lowest BCUT2D eigenvalue weighted by atomic mass is 9.98. The highest BCUT2D eigenvalue weighted by molar-refractivity contribution is 5.81. The third-order valence-corrected chi connectivity index (χ3v) is 4.70. The number of alkyl carbamates (subject to hydrolysis) is 1. The van der Waals surface area contributed by atoms with Crippen molar-refractivity contribution in [2.24, 2.45) is 0 Å². The lowest BCUT2D eigenvalue weighted by Gasteiger charge is -2.18. The van der Waals surface area contributed by atoms with Crippen LogP contribution in [0.2, 0.25) is 0 Å². The van der Waals surface area contributed by atoms with E-state index in [0.29, 0.717) is 6.42 Å². The van der Waals surface area contributed by atoms with Crippen molar-refractivity contribution in [2.45, 2.75) is 31.7 Å². The zero-order valence-electron chi connectivity index (χ0n) is 15.0. The molecule has 1 aliphatic rings. The molecule has 0 radical (unpaired) electrons. The number of amides is 1. The predicted octanol–water partition coefficient (Wildman–Crippen LogP) is 3.87. The minimum atomic E-state index is -0.680. The Balaban J connectivity index is 1.70. The summed E-state index contributed by atoms with van der Waals surface area (Å²) in [5, 5.41) is 2.60. The molecule has 0 saturated carbocycles. The van der Waals surface area contributed by atoms with E-state index in [9.17, 15) is 9.59 Å². The number of rotatable bonds is 6. The van der Waals surface area contributed by atoms with Crippen LogP contribution < -0.4 is 5.32 Å². The molecule has 0 fully saturated rings. The molecular formula is C21H23NO4. The molecule has 136 valence electrons. The van der Waals surface area contributed by atoms with E-state index in [1.807, 2.05) is 31.2 Å². The second kappa shape index (κ2) is 8.04. The monoisotopic (exact) mass is 353 g/mol. The van der Waals surface area contributed by atoms with E-state index in [2.05, 4.69) is 29.6 Å². The predicted molar refractivity (Wildman–Crippen MR) is 98.9 cm³/mol. The first-order valence-electron chi connectivity index (χ1n) is 8.85. The number of esters is 1. The van der Waals surface area contributed by atoms with Crippen molar-refractivity contribution >= 4 is 12.1 Å². The van der Waals surface area contributed by atoms with Gasteiger partial charge in [0.05, 0.1) is 7.11 Å². The van der Waals surface area contributed by atoms with E-state index in [4.69, 9.17) is 9.47 Å². The van der Waals surface area contributed by atoms with Gasteiger partial charge in [0, 0.05) is 5.92 Å². The van der Waals surface area contributed by atoms with Gasteiger partial charge in [0.2, 0.25) is 0 Å². The molecule has 2 aromatic rings. The number of benzene rings is 2. The minimum absolute atomic E-state index is 0.00379. The topological polar surface area (TPSA) is 64.6 Å². The maximum Gasteiger partial charge on any atom is 0.407 e. The quantitative estimate of drug-likeness (QED) is 0.801. The van der Waals surface area contributed by atoms with Gasteiger partial charge < -0.3 is 14.8 Å². The zero-order chi connectivity index (χ0) is 18.5. The molecule has 5 nitrogen and oxygen atoms in total. The van der Waals surface area contributed by atoms with Crippen molar-refractivity contribution in [3.8, 4) is 11.1 Å². The summed E-state index contributed by atoms with van der Waals surface area (Å²) in [6.45, 7) is 2.16.